The van der Waals surface area contributed by atoms with Crippen LogP contribution in [0.25, 0.3) is 65.4 Å². The van der Waals surface area contributed by atoms with E-state index >= 15 is 0 Å². The minimum Gasteiger partial charge on any atom is -0.345 e. The Hall–Kier alpha value is -8.22. The molecule has 0 bridgehead atoms. The first-order valence-corrected chi connectivity index (χ1v) is 26.8. The molecule has 0 aliphatic rings. The van der Waals surface area contributed by atoms with E-state index in [1.807, 2.05) is 0 Å². The van der Waals surface area contributed by atoms with Gasteiger partial charge in [-0.1, -0.05) is 136 Å². The van der Waals surface area contributed by atoms with Gasteiger partial charge in [-0.3, -0.25) is 0 Å². The quantitative estimate of drug-likeness (QED) is 0.129. The summed E-state index contributed by atoms with van der Waals surface area (Å²) in [6.07, 6.45) is 2.42. The molecule has 12 aromatic rings. The Morgan fingerprint density at radius 3 is 1.09 bits per heavy atom. The lowest BCUT2D eigenvalue weighted by Gasteiger charge is -2.24. The van der Waals surface area contributed by atoms with Gasteiger partial charge in [0.05, 0.1) is 0 Å². The third kappa shape index (κ3) is 10.2. The molecular formula is C69H72N6. The number of fused-ring (bicyclic) bond motifs is 9. The summed E-state index contributed by atoms with van der Waals surface area (Å²) < 4.78 is 7.38. The van der Waals surface area contributed by atoms with Gasteiger partial charge in [0.25, 0.3) is 0 Å². The molecule has 0 saturated carbocycles. The van der Waals surface area contributed by atoms with Crippen molar-refractivity contribution in [3.8, 4) is 0 Å². The van der Waals surface area contributed by atoms with Crippen molar-refractivity contribution < 1.29 is 0 Å². The van der Waals surface area contributed by atoms with Crippen LogP contribution in [0.2, 0.25) is 0 Å². The van der Waals surface area contributed by atoms with Crippen LogP contribution in [-0.4, -0.2) is 34.8 Å². The first-order chi connectivity index (χ1) is 36.4. The van der Waals surface area contributed by atoms with Gasteiger partial charge in [0.2, 0.25) is 0 Å². The normalized spacial score (nSPS) is 11.6. The lowest BCUT2D eigenvalue weighted by atomic mass is 10.1. The van der Waals surface area contributed by atoms with Crippen LogP contribution < -0.4 is 14.7 Å². The number of anilines is 6. The molecule has 0 spiro atoms. The van der Waals surface area contributed by atoms with Crippen LogP contribution in [0.3, 0.4) is 0 Å². The summed E-state index contributed by atoms with van der Waals surface area (Å²) in [6.45, 7) is 15.7. The Labute approximate surface area is 444 Å². The highest BCUT2D eigenvalue weighted by atomic mass is 15.1. The summed E-state index contributed by atoms with van der Waals surface area (Å²) in [5.41, 5.74) is 15.2. The van der Waals surface area contributed by atoms with Crippen molar-refractivity contribution in [2.24, 2.45) is 5.92 Å². The average Bonchev–Trinajstić information content (AvgIpc) is 4.07. The zero-order valence-corrected chi connectivity index (χ0v) is 45.4. The molecule has 6 heteroatoms. The third-order valence-electron chi connectivity index (χ3n) is 14.7. The minimum atomic E-state index is 0.0359. The van der Waals surface area contributed by atoms with Crippen LogP contribution in [-0.2, 0) is 18.6 Å². The van der Waals surface area contributed by atoms with Crippen molar-refractivity contribution in [2.45, 2.75) is 73.0 Å². The van der Waals surface area contributed by atoms with Gasteiger partial charge in [-0.25, -0.2) is 0 Å². The number of aromatic nitrogens is 3. The Balaban J connectivity index is 0.000000128. The van der Waals surface area contributed by atoms with Gasteiger partial charge in [-0.05, 0) is 142 Å². The first-order valence-electron chi connectivity index (χ1n) is 26.8. The third-order valence-corrected chi connectivity index (χ3v) is 14.7. The molecule has 0 radical (unpaired) electrons. The molecule has 378 valence electrons. The smallest absolute Gasteiger partial charge is 0.0497 e. The maximum Gasteiger partial charge on any atom is 0.0497 e. The van der Waals surface area contributed by atoms with Crippen molar-refractivity contribution in [1.82, 2.24) is 13.7 Å². The summed E-state index contributed by atoms with van der Waals surface area (Å²) in [6, 6.07) is 78.2. The predicted octanol–water partition coefficient (Wildman–Crippen LogP) is 18.9. The standard InChI is InChI=1S/3C23H24N2/c1-23(2,3)25-21-13-9-8-12-19(21)20-16-18(14-15-22(20)25)24(4)17-10-6-5-7-11-17;1-17(2)16-25-22-12-8-7-11-20(22)21-15-19(13-14-23(21)25)24(3)18-9-5-4-6-10-18;1-3-4-16-25-22-13-9-8-12-20(22)21-17-19(14-15-23(21)25)24(2)18-10-6-5-7-11-18/h5-16H,1-4H3;4-15,17H,16H2,1-3H3;5-15,17H,3-4,16H2,1-2H3. The number of benzene rings is 9. The molecule has 0 aliphatic carbocycles. The SMILES string of the molecule is CC(C)Cn1c2ccccc2c2cc(N(C)c3ccccc3)ccc21.CCCCn1c2ccccc2c2cc(N(C)c3ccccc3)ccc21.CN(c1ccccc1)c1ccc2c(c1)c1ccccc1n2C(C)(C)C. The van der Waals surface area contributed by atoms with Gasteiger partial charge in [0.1, 0.15) is 0 Å². The second-order valence-electron chi connectivity index (χ2n) is 21.4. The Morgan fingerprint density at radius 2 is 0.680 bits per heavy atom. The maximum atomic E-state index is 2.47. The van der Waals surface area contributed by atoms with E-state index in [-0.39, 0.29) is 5.54 Å². The van der Waals surface area contributed by atoms with Crippen LogP contribution >= 0.6 is 0 Å². The van der Waals surface area contributed by atoms with Gasteiger partial charge in [-0.15, -0.1) is 0 Å². The van der Waals surface area contributed by atoms with Crippen LogP contribution in [0.4, 0.5) is 34.1 Å². The van der Waals surface area contributed by atoms with Gasteiger partial charge in [0.15, 0.2) is 0 Å². The lowest BCUT2D eigenvalue weighted by Crippen LogP contribution is -2.21. The van der Waals surface area contributed by atoms with E-state index in [0.29, 0.717) is 5.92 Å². The highest BCUT2D eigenvalue weighted by Crippen LogP contribution is 2.39. The van der Waals surface area contributed by atoms with E-state index in [0.717, 1.165) is 13.1 Å². The Bertz CT molecular complexity index is 3860. The van der Waals surface area contributed by atoms with E-state index in [2.05, 4.69) is 309 Å². The number of rotatable bonds is 11. The lowest BCUT2D eigenvalue weighted by molar-refractivity contribution is 0.423. The monoisotopic (exact) mass is 985 g/mol. The molecule has 75 heavy (non-hydrogen) atoms. The predicted molar refractivity (Wildman–Crippen MR) is 327 cm³/mol. The van der Waals surface area contributed by atoms with Crippen molar-refractivity contribution in [2.75, 3.05) is 35.8 Å². The first kappa shape index (κ1) is 50.3. The zero-order chi connectivity index (χ0) is 52.2. The largest absolute Gasteiger partial charge is 0.345 e. The highest BCUT2D eigenvalue weighted by molar-refractivity contribution is 6.11. The Kier molecular flexibility index (Phi) is 14.6. The van der Waals surface area contributed by atoms with E-state index in [9.17, 15) is 0 Å². The van der Waals surface area contributed by atoms with Crippen LogP contribution in [0.15, 0.2) is 218 Å². The van der Waals surface area contributed by atoms with Crippen molar-refractivity contribution in [1.29, 1.82) is 0 Å². The molecule has 0 atom stereocenters. The number of hydrogen-bond donors (Lipinski definition) is 0. The van der Waals surface area contributed by atoms with E-state index in [1.54, 1.807) is 0 Å². The average molecular weight is 985 g/mol. The van der Waals surface area contributed by atoms with Gasteiger partial charge in [-0.2, -0.15) is 0 Å². The topological polar surface area (TPSA) is 24.5 Å². The molecule has 3 heterocycles. The molecule has 9 aromatic carbocycles. The van der Waals surface area contributed by atoms with Crippen molar-refractivity contribution >= 4 is 99.5 Å². The van der Waals surface area contributed by atoms with Gasteiger partial charge in [0, 0.05) is 139 Å². The summed E-state index contributed by atoms with van der Waals surface area (Å²) in [5.74, 6) is 0.616. The second kappa shape index (κ2) is 21.7. The molecule has 0 saturated heterocycles. The Morgan fingerprint density at radius 1 is 0.360 bits per heavy atom. The minimum absolute atomic E-state index is 0.0359. The number of nitrogens with zero attached hydrogens (tertiary/aromatic N) is 6. The second-order valence-corrected chi connectivity index (χ2v) is 21.4. The number of hydrogen-bond acceptors (Lipinski definition) is 3. The zero-order valence-electron chi connectivity index (χ0n) is 45.4. The fourth-order valence-corrected chi connectivity index (χ4v) is 10.9. The van der Waals surface area contributed by atoms with Gasteiger partial charge >= 0.3 is 0 Å². The molecule has 3 aromatic heterocycles. The maximum absolute atomic E-state index is 2.47. The van der Waals surface area contributed by atoms with Crippen LogP contribution in [0, 0.1) is 5.92 Å². The fourth-order valence-electron chi connectivity index (χ4n) is 10.9. The summed E-state index contributed by atoms with van der Waals surface area (Å²) in [7, 11) is 6.38. The van der Waals surface area contributed by atoms with Crippen LogP contribution in [0.1, 0.15) is 54.4 Å². The number of unbranched alkanes of at least 4 members (excludes halogenated alkanes) is 1. The van der Waals surface area contributed by atoms with Crippen molar-refractivity contribution in [3.63, 3.8) is 0 Å². The summed E-state index contributed by atoms with van der Waals surface area (Å²) in [5, 5.41) is 7.98. The molecule has 12 rings (SSSR count). The molecule has 0 N–H and O–H groups in total. The summed E-state index contributed by atoms with van der Waals surface area (Å²) >= 11 is 0. The molecule has 6 nitrogen and oxygen atoms in total. The molecule has 0 unspecified atom stereocenters. The molecular weight excluding hydrogens is 913 g/mol. The van der Waals surface area contributed by atoms with E-state index in [4.69, 9.17) is 0 Å². The molecule has 0 fully saturated rings. The fraction of sp³-hybridized carbons (Fsp3) is 0.217. The van der Waals surface area contributed by atoms with Crippen molar-refractivity contribution in [3.05, 3.63) is 218 Å². The van der Waals surface area contributed by atoms with E-state index in [1.165, 1.54) is 112 Å². The van der Waals surface area contributed by atoms with Crippen LogP contribution in [0.5, 0.6) is 0 Å². The molecule has 0 amide bonds. The van der Waals surface area contributed by atoms with Gasteiger partial charge < -0.3 is 28.4 Å². The number of aryl methyl sites for hydroxylation is 1. The number of para-hydroxylation sites is 6. The van der Waals surface area contributed by atoms with E-state index < -0.39 is 0 Å². The summed E-state index contributed by atoms with van der Waals surface area (Å²) in [4.78, 5) is 6.73. The molecule has 0 aliphatic heterocycles. The highest BCUT2D eigenvalue weighted by Gasteiger charge is 2.21.